The maximum atomic E-state index is 11.9. The van der Waals surface area contributed by atoms with Crippen molar-refractivity contribution >= 4 is 31.9 Å². The summed E-state index contributed by atoms with van der Waals surface area (Å²) in [5.74, 6) is -0.393. The highest BCUT2D eigenvalue weighted by Gasteiger charge is 2.15. The lowest BCUT2D eigenvalue weighted by Gasteiger charge is -2.13. The third-order valence-corrected chi connectivity index (χ3v) is 3.61. The molecule has 106 valence electrons. The summed E-state index contributed by atoms with van der Waals surface area (Å²) in [6.07, 6.45) is 0. The van der Waals surface area contributed by atoms with Gasteiger partial charge in [-0.25, -0.2) is 13.6 Å². The number of nitrogens with one attached hydrogen (secondary N) is 1. The Kier molecular flexibility index (Phi) is 5.48. The van der Waals surface area contributed by atoms with Crippen LogP contribution in [0.1, 0.15) is 17.3 Å². The number of sulfonamides is 1. The van der Waals surface area contributed by atoms with E-state index in [1.807, 2.05) is 0 Å². The molecule has 8 heteroatoms. The number of carbonyl (C=O) groups excluding carboxylic acids is 1. The van der Waals surface area contributed by atoms with Crippen LogP contribution in [-0.2, 0) is 14.8 Å². The Morgan fingerprint density at radius 2 is 2.11 bits per heavy atom. The Labute approximate surface area is 120 Å². The van der Waals surface area contributed by atoms with Gasteiger partial charge >= 0.3 is 0 Å². The summed E-state index contributed by atoms with van der Waals surface area (Å²) in [6.45, 7) is 2.14. The SMILES string of the molecule is COCC(C)NC(=O)c1cc(Br)cc(S(N)(=O)=O)c1. The Bertz CT molecular complexity index is 574. The summed E-state index contributed by atoms with van der Waals surface area (Å²) < 4.78 is 27.9. The second-order valence-corrected chi connectivity index (χ2v) is 6.53. The fourth-order valence-electron chi connectivity index (χ4n) is 1.46. The van der Waals surface area contributed by atoms with Crippen molar-refractivity contribution in [3.05, 3.63) is 28.2 Å². The summed E-state index contributed by atoms with van der Waals surface area (Å²) in [5.41, 5.74) is 0.210. The number of rotatable bonds is 5. The molecule has 1 aromatic rings. The lowest BCUT2D eigenvalue weighted by atomic mass is 10.2. The molecule has 0 saturated carbocycles. The first-order valence-corrected chi connectivity index (χ1v) is 7.71. The Morgan fingerprint density at radius 3 is 2.63 bits per heavy atom. The van der Waals surface area contributed by atoms with Gasteiger partial charge in [0.25, 0.3) is 5.91 Å². The Morgan fingerprint density at radius 1 is 1.47 bits per heavy atom. The van der Waals surface area contributed by atoms with Crippen molar-refractivity contribution in [1.82, 2.24) is 5.32 Å². The van der Waals surface area contributed by atoms with Gasteiger partial charge in [0.05, 0.1) is 11.5 Å². The molecule has 1 amide bonds. The van der Waals surface area contributed by atoms with E-state index in [-0.39, 0.29) is 16.5 Å². The van der Waals surface area contributed by atoms with Crippen LogP contribution in [0.2, 0.25) is 0 Å². The maximum Gasteiger partial charge on any atom is 0.251 e. The predicted octanol–water partition coefficient (Wildman–Crippen LogP) is 0.861. The van der Waals surface area contributed by atoms with Crippen molar-refractivity contribution in [3.8, 4) is 0 Å². The summed E-state index contributed by atoms with van der Waals surface area (Å²) >= 11 is 3.15. The molecule has 0 heterocycles. The van der Waals surface area contributed by atoms with E-state index in [9.17, 15) is 13.2 Å². The fraction of sp³-hybridized carbons (Fsp3) is 0.364. The average molecular weight is 351 g/mol. The molecular formula is C11H15BrN2O4S. The van der Waals surface area contributed by atoms with Crippen LogP contribution >= 0.6 is 15.9 Å². The number of carbonyl (C=O) groups is 1. The Balaban J connectivity index is 3.01. The van der Waals surface area contributed by atoms with Crippen molar-refractivity contribution in [2.24, 2.45) is 5.14 Å². The number of amides is 1. The van der Waals surface area contributed by atoms with Gasteiger partial charge in [0.15, 0.2) is 0 Å². The fourth-order valence-corrected chi connectivity index (χ4v) is 2.68. The van der Waals surface area contributed by atoms with E-state index in [4.69, 9.17) is 9.88 Å². The number of hydrogen-bond donors (Lipinski definition) is 2. The summed E-state index contributed by atoms with van der Waals surface area (Å²) in [5, 5.41) is 7.73. The molecule has 19 heavy (non-hydrogen) atoms. The van der Waals surface area contributed by atoms with Crippen LogP contribution in [0.25, 0.3) is 0 Å². The normalized spacial score (nSPS) is 13.1. The van der Waals surface area contributed by atoms with E-state index >= 15 is 0 Å². The first-order valence-electron chi connectivity index (χ1n) is 5.37. The Hall–Kier alpha value is -0.960. The lowest BCUT2D eigenvalue weighted by Crippen LogP contribution is -2.35. The zero-order valence-corrected chi connectivity index (χ0v) is 12.9. The van der Waals surface area contributed by atoms with E-state index in [0.29, 0.717) is 11.1 Å². The van der Waals surface area contributed by atoms with E-state index in [1.54, 1.807) is 6.92 Å². The van der Waals surface area contributed by atoms with Crippen LogP contribution in [0, 0.1) is 0 Å². The first kappa shape index (κ1) is 16.1. The molecule has 6 nitrogen and oxygen atoms in total. The van der Waals surface area contributed by atoms with Gasteiger partial charge in [-0.05, 0) is 25.1 Å². The number of primary sulfonamides is 1. The van der Waals surface area contributed by atoms with Gasteiger partial charge in [-0.1, -0.05) is 15.9 Å². The summed E-state index contributed by atoms with van der Waals surface area (Å²) in [6, 6.07) is 3.90. The number of benzene rings is 1. The highest BCUT2D eigenvalue weighted by atomic mass is 79.9. The summed E-state index contributed by atoms with van der Waals surface area (Å²) in [7, 11) is -2.33. The third-order valence-electron chi connectivity index (χ3n) is 2.26. The van der Waals surface area contributed by atoms with Crippen molar-refractivity contribution < 1.29 is 17.9 Å². The maximum absolute atomic E-state index is 11.9. The molecule has 0 fully saturated rings. The molecule has 3 N–H and O–H groups in total. The zero-order valence-electron chi connectivity index (χ0n) is 10.5. The molecule has 0 aliphatic rings. The second kappa shape index (κ2) is 6.47. The minimum atomic E-state index is -3.85. The van der Waals surface area contributed by atoms with Crippen LogP contribution in [0.3, 0.4) is 0 Å². The van der Waals surface area contributed by atoms with Gasteiger partial charge in [-0.2, -0.15) is 0 Å². The van der Waals surface area contributed by atoms with Crippen LogP contribution < -0.4 is 10.5 Å². The quantitative estimate of drug-likeness (QED) is 0.822. The van der Waals surface area contributed by atoms with Crippen molar-refractivity contribution in [2.75, 3.05) is 13.7 Å². The first-order chi connectivity index (χ1) is 8.74. The van der Waals surface area contributed by atoms with Crippen molar-refractivity contribution in [1.29, 1.82) is 0 Å². The number of methoxy groups -OCH3 is 1. The van der Waals surface area contributed by atoms with E-state index in [2.05, 4.69) is 21.2 Å². The lowest BCUT2D eigenvalue weighted by molar-refractivity contribution is 0.0905. The average Bonchev–Trinajstić information content (AvgIpc) is 2.27. The van der Waals surface area contributed by atoms with E-state index < -0.39 is 15.9 Å². The highest BCUT2D eigenvalue weighted by molar-refractivity contribution is 9.10. The number of nitrogens with two attached hydrogens (primary N) is 1. The molecule has 0 bridgehead atoms. The molecule has 1 unspecified atom stereocenters. The molecule has 0 saturated heterocycles. The van der Waals surface area contributed by atoms with Gasteiger partial charge in [0, 0.05) is 23.2 Å². The van der Waals surface area contributed by atoms with Crippen molar-refractivity contribution in [3.63, 3.8) is 0 Å². The van der Waals surface area contributed by atoms with Gasteiger partial charge in [0.1, 0.15) is 0 Å². The number of ether oxygens (including phenoxy) is 1. The van der Waals surface area contributed by atoms with Crippen LogP contribution in [0.5, 0.6) is 0 Å². The van der Waals surface area contributed by atoms with Gasteiger partial charge in [0.2, 0.25) is 10.0 Å². The molecule has 0 aliphatic carbocycles. The minimum absolute atomic E-state index is 0.119. The van der Waals surface area contributed by atoms with E-state index in [1.165, 1.54) is 25.3 Å². The van der Waals surface area contributed by atoms with Gasteiger partial charge in [-0.15, -0.1) is 0 Å². The summed E-state index contributed by atoms with van der Waals surface area (Å²) in [4.78, 5) is 11.8. The predicted molar refractivity (Wildman–Crippen MR) is 74.3 cm³/mol. The molecule has 1 atom stereocenters. The minimum Gasteiger partial charge on any atom is -0.383 e. The van der Waals surface area contributed by atoms with Crippen LogP contribution in [-0.4, -0.2) is 34.1 Å². The monoisotopic (exact) mass is 350 g/mol. The zero-order chi connectivity index (χ0) is 14.6. The topological polar surface area (TPSA) is 98.5 Å². The largest absolute Gasteiger partial charge is 0.383 e. The van der Waals surface area contributed by atoms with Gasteiger partial charge < -0.3 is 10.1 Å². The smallest absolute Gasteiger partial charge is 0.251 e. The number of halogens is 1. The molecule has 0 radical (unpaired) electrons. The second-order valence-electron chi connectivity index (χ2n) is 4.05. The van der Waals surface area contributed by atoms with Gasteiger partial charge in [-0.3, -0.25) is 4.79 Å². The molecule has 0 aliphatic heterocycles. The van der Waals surface area contributed by atoms with E-state index in [0.717, 1.165) is 0 Å². The standard InChI is InChI=1S/C11H15BrN2O4S/c1-7(6-18-2)14-11(15)8-3-9(12)5-10(4-8)19(13,16)17/h3-5,7H,6H2,1-2H3,(H,14,15)(H2,13,16,17). The molecule has 1 aromatic carbocycles. The van der Waals surface area contributed by atoms with Crippen molar-refractivity contribution in [2.45, 2.75) is 17.9 Å². The molecular weight excluding hydrogens is 336 g/mol. The van der Waals surface area contributed by atoms with Crippen LogP contribution in [0.15, 0.2) is 27.6 Å². The number of hydrogen-bond acceptors (Lipinski definition) is 4. The molecule has 0 spiro atoms. The highest BCUT2D eigenvalue weighted by Crippen LogP contribution is 2.18. The molecule has 0 aromatic heterocycles. The van der Waals surface area contributed by atoms with Crippen LogP contribution in [0.4, 0.5) is 0 Å². The third kappa shape index (κ3) is 4.90. The molecule has 1 rings (SSSR count).